The number of rotatable bonds is 8. The van der Waals surface area contributed by atoms with Gasteiger partial charge in [0.15, 0.2) is 0 Å². The summed E-state index contributed by atoms with van der Waals surface area (Å²) in [5.41, 5.74) is 8.41. The average Bonchev–Trinajstić information content (AvgIpc) is 2.39. The van der Waals surface area contributed by atoms with Crippen LogP contribution in [0, 0.1) is 16.7 Å². The minimum absolute atomic E-state index is 0.220. The normalized spacial score (nSPS) is 44.4. The Labute approximate surface area is 132 Å². The molecule has 4 aliphatic carbocycles. The van der Waals surface area contributed by atoms with E-state index < -0.39 is 0 Å². The lowest BCUT2D eigenvalue weighted by atomic mass is 9.40. The molecule has 0 saturated heterocycles. The molecule has 0 aliphatic heterocycles. The highest BCUT2D eigenvalue weighted by molar-refractivity contribution is 5.15. The Hall–Kier alpha value is -0.0400. The highest BCUT2D eigenvalue weighted by atomic mass is 14.8. The van der Waals surface area contributed by atoms with Gasteiger partial charge in [-0.2, -0.15) is 0 Å². The summed E-state index contributed by atoms with van der Waals surface area (Å²) >= 11 is 0. The molecular weight excluding hydrogens is 254 g/mol. The van der Waals surface area contributed by atoms with Crippen molar-refractivity contribution in [1.29, 1.82) is 0 Å². The van der Waals surface area contributed by atoms with Gasteiger partial charge in [-0.1, -0.05) is 52.4 Å². The van der Waals surface area contributed by atoms with E-state index in [4.69, 9.17) is 5.73 Å². The molecule has 122 valence electrons. The second-order valence-electron chi connectivity index (χ2n) is 9.29. The van der Waals surface area contributed by atoms with Gasteiger partial charge in [-0.15, -0.1) is 0 Å². The maximum atomic E-state index is 6.89. The van der Waals surface area contributed by atoms with Gasteiger partial charge in [0.25, 0.3) is 0 Å². The van der Waals surface area contributed by atoms with Crippen LogP contribution < -0.4 is 5.73 Å². The van der Waals surface area contributed by atoms with Gasteiger partial charge in [-0.25, -0.2) is 0 Å². The maximum Gasteiger partial charge on any atom is 0.0167 e. The van der Waals surface area contributed by atoms with E-state index in [1.54, 1.807) is 0 Å². The van der Waals surface area contributed by atoms with Gasteiger partial charge in [0.1, 0.15) is 0 Å². The van der Waals surface area contributed by atoms with Crippen LogP contribution in [0.15, 0.2) is 0 Å². The standard InChI is InChI=1S/C20H37N/c1-3-5-7-8-10-19-12-17-11-18(14-19,9-6-4-2)15-20(21,13-17)16-19/h17H,3-16,21H2,1-2H3. The zero-order chi connectivity index (χ0) is 15.0. The fourth-order valence-electron chi connectivity index (χ4n) is 6.96. The molecular formula is C20H37N. The fraction of sp³-hybridized carbons (Fsp3) is 1.00. The predicted octanol–water partition coefficient (Wildman–Crippen LogP) is 5.81. The van der Waals surface area contributed by atoms with Crippen molar-refractivity contribution < 1.29 is 0 Å². The van der Waals surface area contributed by atoms with Gasteiger partial charge < -0.3 is 5.73 Å². The maximum absolute atomic E-state index is 6.89. The van der Waals surface area contributed by atoms with Gasteiger partial charge >= 0.3 is 0 Å². The highest BCUT2D eigenvalue weighted by Crippen LogP contribution is 2.68. The smallest absolute Gasteiger partial charge is 0.0167 e. The molecule has 1 nitrogen and oxygen atoms in total. The lowest BCUT2D eigenvalue weighted by molar-refractivity contribution is -0.129. The van der Waals surface area contributed by atoms with E-state index in [0.717, 1.165) is 5.92 Å². The van der Waals surface area contributed by atoms with Gasteiger partial charge in [0.2, 0.25) is 0 Å². The molecule has 4 atom stereocenters. The van der Waals surface area contributed by atoms with Crippen LogP contribution in [0.25, 0.3) is 0 Å². The van der Waals surface area contributed by atoms with E-state index in [1.807, 2.05) is 0 Å². The van der Waals surface area contributed by atoms with E-state index >= 15 is 0 Å². The van der Waals surface area contributed by atoms with Crippen LogP contribution in [0.2, 0.25) is 0 Å². The van der Waals surface area contributed by atoms with Gasteiger partial charge in [-0.05, 0) is 68.1 Å². The molecule has 0 heterocycles. The van der Waals surface area contributed by atoms with Crippen molar-refractivity contribution >= 4 is 0 Å². The summed E-state index contributed by atoms with van der Waals surface area (Å²) in [6, 6.07) is 0. The Kier molecular flexibility index (Phi) is 4.43. The largest absolute Gasteiger partial charge is 0.325 e. The summed E-state index contributed by atoms with van der Waals surface area (Å²) in [6.07, 6.45) is 20.0. The summed E-state index contributed by atoms with van der Waals surface area (Å²) in [4.78, 5) is 0. The number of hydrogen-bond donors (Lipinski definition) is 1. The molecule has 0 spiro atoms. The molecule has 4 saturated carbocycles. The number of hydrogen-bond acceptors (Lipinski definition) is 1. The van der Waals surface area contributed by atoms with Crippen LogP contribution in [-0.2, 0) is 0 Å². The van der Waals surface area contributed by atoms with E-state index in [9.17, 15) is 0 Å². The molecule has 4 rings (SSSR count). The van der Waals surface area contributed by atoms with E-state index in [-0.39, 0.29) is 5.54 Å². The van der Waals surface area contributed by atoms with E-state index in [0.29, 0.717) is 10.8 Å². The Morgan fingerprint density at radius 1 is 0.762 bits per heavy atom. The second kappa shape index (κ2) is 5.87. The van der Waals surface area contributed by atoms with E-state index in [2.05, 4.69) is 13.8 Å². The molecule has 0 radical (unpaired) electrons. The average molecular weight is 292 g/mol. The topological polar surface area (TPSA) is 26.0 Å². The Balaban J connectivity index is 1.70. The predicted molar refractivity (Wildman–Crippen MR) is 91.3 cm³/mol. The van der Waals surface area contributed by atoms with Gasteiger partial charge in [-0.3, -0.25) is 0 Å². The molecule has 1 heteroatoms. The Morgan fingerprint density at radius 3 is 1.95 bits per heavy atom. The fourth-order valence-corrected chi connectivity index (χ4v) is 6.96. The van der Waals surface area contributed by atoms with Crippen LogP contribution in [0.5, 0.6) is 0 Å². The third kappa shape index (κ3) is 3.19. The summed E-state index contributed by atoms with van der Waals surface area (Å²) in [6.45, 7) is 4.67. The van der Waals surface area contributed by atoms with Crippen molar-refractivity contribution in [2.45, 2.75) is 109 Å². The summed E-state index contributed by atoms with van der Waals surface area (Å²) in [5, 5.41) is 0. The van der Waals surface area contributed by atoms with Crippen molar-refractivity contribution in [3.63, 3.8) is 0 Å². The monoisotopic (exact) mass is 291 g/mol. The first kappa shape index (κ1) is 15.8. The van der Waals surface area contributed by atoms with Gasteiger partial charge in [0.05, 0.1) is 0 Å². The van der Waals surface area contributed by atoms with Crippen LogP contribution >= 0.6 is 0 Å². The van der Waals surface area contributed by atoms with Gasteiger partial charge in [0, 0.05) is 5.54 Å². The summed E-state index contributed by atoms with van der Waals surface area (Å²) in [7, 11) is 0. The van der Waals surface area contributed by atoms with Crippen LogP contribution in [-0.4, -0.2) is 5.54 Å². The second-order valence-corrected chi connectivity index (χ2v) is 9.29. The Bertz CT molecular complexity index is 365. The third-order valence-electron chi connectivity index (χ3n) is 6.96. The third-order valence-corrected chi connectivity index (χ3v) is 6.96. The SMILES string of the molecule is CCCCCCC12CC3CC(N)(CC(CCCC)(C3)C1)C2. The van der Waals surface area contributed by atoms with Crippen molar-refractivity contribution in [1.82, 2.24) is 0 Å². The molecule has 4 unspecified atom stereocenters. The first-order chi connectivity index (χ1) is 10.0. The number of nitrogens with two attached hydrogens (primary N) is 1. The van der Waals surface area contributed by atoms with Crippen molar-refractivity contribution in [2.24, 2.45) is 22.5 Å². The molecule has 4 fully saturated rings. The summed E-state index contributed by atoms with van der Waals surface area (Å²) < 4.78 is 0. The van der Waals surface area contributed by atoms with Crippen molar-refractivity contribution in [3.8, 4) is 0 Å². The molecule has 4 bridgehead atoms. The van der Waals surface area contributed by atoms with E-state index in [1.165, 1.54) is 89.9 Å². The molecule has 0 aromatic heterocycles. The minimum Gasteiger partial charge on any atom is -0.325 e. The molecule has 0 aromatic rings. The highest BCUT2D eigenvalue weighted by Gasteiger charge is 2.61. The first-order valence-electron chi connectivity index (χ1n) is 9.82. The molecule has 0 aromatic carbocycles. The molecule has 2 N–H and O–H groups in total. The molecule has 21 heavy (non-hydrogen) atoms. The lowest BCUT2D eigenvalue weighted by Gasteiger charge is -2.66. The molecule has 4 aliphatic rings. The zero-order valence-electron chi connectivity index (χ0n) is 14.6. The zero-order valence-corrected chi connectivity index (χ0v) is 14.6. The summed E-state index contributed by atoms with van der Waals surface area (Å²) in [5.74, 6) is 0.967. The van der Waals surface area contributed by atoms with Crippen LogP contribution in [0.1, 0.15) is 104 Å². The van der Waals surface area contributed by atoms with Crippen LogP contribution in [0.3, 0.4) is 0 Å². The molecule has 0 amide bonds. The minimum atomic E-state index is 0.220. The number of unbranched alkanes of at least 4 members (excludes halogenated alkanes) is 4. The quantitative estimate of drug-likeness (QED) is 0.561. The van der Waals surface area contributed by atoms with Crippen LogP contribution in [0.4, 0.5) is 0 Å². The van der Waals surface area contributed by atoms with Crippen molar-refractivity contribution in [3.05, 3.63) is 0 Å². The first-order valence-corrected chi connectivity index (χ1v) is 9.82. The lowest BCUT2D eigenvalue weighted by Crippen LogP contribution is -2.63. The van der Waals surface area contributed by atoms with Crippen molar-refractivity contribution in [2.75, 3.05) is 0 Å². The Morgan fingerprint density at radius 2 is 1.38 bits per heavy atom.